The summed E-state index contributed by atoms with van der Waals surface area (Å²) in [6.07, 6.45) is 2.26. The molecule has 0 aliphatic carbocycles. The average Bonchev–Trinajstić information content (AvgIpc) is 2.79. The van der Waals surface area contributed by atoms with Crippen LogP contribution in [-0.2, 0) is 35.0 Å². The van der Waals surface area contributed by atoms with Gasteiger partial charge < -0.3 is 10.1 Å². The molecule has 0 unspecified atom stereocenters. The van der Waals surface area contributed by atoms with Gasteiger partial charge in [-0.2, -0.15) is 8.42 Å². The Bertz CT molecular complexity index is 1060. The van der Waals surface area contributed by atoms with Crippen LogP contribution in [0.4, 0.5) is 0 Å². The molecule has 2 aromatic carbocycles. The van der Waals surface area contributed by atoms with Gasteiger partial charge in [0.1, 0.15) is 11.6 Å². The van der Waals surface area contributed by atoms with Crippen molar-refractivity contribution in [3.05, 3.63) is 65.7 Å². The van der Waals surface area contributed by atoms with Gasteiger partial charge in [-0.1, -0.05) is 67.8 Å². The summed E-state index contributed by atoms with van der Waals surface area (Å²) in [5, 5.41) is 2.79. The molecule has 0 aliphatic rings. The maximum Gasteiger partial charge on any atom is 0.329 e. The van der Waals surface area contributed by atoms with Gasteiger partial charge in [-0.25, -0.2) is 4.79 Å². The molecule has 2 atom stereocenters. The van der Waals surface area contributed by atoms with E-state index in [-0.39, 0.29) is 17.9 Å². The van der Waals surface area contributed by atoms with Gasteiger partial charge in [-0.15, -0.1) is 0 Å². The number of amides is 1. The predicted octanol–water partition coefficient (Wildman–Crippen LogP) is 4.58. The highest BCUT2D eigenvalue weighted by Gasteiger charge is 2.30. The van der Waals surface area contributed by atoms with Crippen LogP contribution in [-0.4, -0.2) is 38.5 Å². The van der Waals surface area contributed by atoms with Crippen molar-refractivity contribution < 1.29 is 26.9 Å². The first-order chi connectivity index (χ1) is 16.4. The number of esters is 1. The van der Waals surface area contributed by atoms with Crippen molar-refractivity contribution in [2.45, 2.75) is 76.8 Å². The SMILES string of the molecule is CCCC[C@H](NC(=O)[C@@H](COS(=O)(=O)c1ccc(C)cc1)Cc1ccccc1)C(=O)OC(C)(C)C. The fraction of sp³-hybridized carbons (Fsp3) is 0.481. The Morgan fingerprint density at radius 1 is 1.00 bits per heavy atom. The number of ether oxygens (including phenoxy) is 1. The van der Waals surface area contributed by atoms with Crippen LogP contribution in [0, 0.1) is 12.8 Å². The molecule has 0 fully saturated rings. The van der Waals surface area contributed by atoms with Gasteiger partial charge >= 0.3 is 5.97 Å². The van der Waals surface area contributed by atoms with E-state index in [9.17, 15) is 18.0 Å². The minimum Gasteiger partial charge on any atom is -0.458 e. The molecule has 2 rings (SSSR count). The van der Waals surface area contributed by atoms with Crippen molar-refractivity contribution >= 4 is 22.0 Å². The number of carbonyl (C=O) groups excluding carboxylic acids is 2. The highest BCUT2D eigenvalue weighted by molar-refractivity contribution is 7.86. The van der Waals surface area contributed by atoms with Crippen LogP contribution in [0.1, 0.15) is 58.1 Å². The van der Waals surface area contributed by atoms with Crippen LogP contribution in [0.3, 0.4) is 0 Å². The first-order valence-corrected chi connectivity index (χ1v) is 13.4. The number of nitrogens with one attached hydrogen (secondary N) is 1. The molecule has 0 radical (unpaired) electrons. The van der Waals surface area contributed by atoms with Crippen LogP contribution in [0.5, 0.6) is 0 Å². The van der Waals surface area contributed by atoms with Crippen LogP contribution in [0.2, 0.25) is 0 Å². The van der Waals surface area contributed by atoms with Gasteiger partial charge in [0, 0.05) is 0 Å². The third kappa shape index (κ3) is 9.82. The molecular formula is C27H37NO6S. The van der Waals surface area contributed by atoms with Crippen LogP contribution < -0.4 is 5.32 Å². The summed E-state index contributed by atoms with van der Waals surface area (Å²) >= 11 is 0. The standard InChI is InChI=1S/C27H37NO6S/c1-6-7-13-24(26(30)34-27(3,4)5)28-25(29)22(18-21-11-9-8-10-12-21)19-33-35(31,32)23-16-14-20(2)15-17-23/h8-12,14-17,22,24H,6-7,13,18-19H2,1-5H3,(H,28,29)/t22-,24+/m1/s1. The van der Waals surface area contributed by atoms with Gasteiger partial charge in [-0.05, 0) is 58.2 Å². The lowest BCUT2D eigenvalue weighted by Crippen LogP contribution is -2.47. The molecule has 0 saturated heterocycles. The molecule has 2 aromatic rings. The summed E-state index contributed by atoms with van der Waals surface area (Å²) < 4.78 is 36.3. The number of unbranched alkanes of at least 4 members (excludes halogenated alkanes) is 1. The zero-order chi connectivity index (χ0) is 26.1. The van der Waals surface area contributed by atoms with Crippen LogP contribution >= 0.6 is 0 Å². The van der Waals surface area contributed by atoms with Crippen molar-refractivity contribution in [2.24, 2.45) is 5.92 Å². The Morgan fingerprint density at radius 2 is 1.63 bits per heavy atom. The molecule has 8 heteroatoms. The number of rotatable bonds is 12. The predicted molar refractivity (Wildman–Crippen MR) is 135 cm³/mol. The number of hydrogen-bond donors (Lipinski definition) is 1. The van der Waals surface area contributed by atoms with Crippen molar-refractivity contribution in [2.75, 3.05) is 6.61 Å². The molecule has 0 spiro atoms. The maximum atomic E-state index is 13.3. The summed E-state index contributed by atoms with van der Waals surface area (Å²) in [4.78, 5) is 26.1. The Labute approximate surface area is 209 Å². The van der Waals surface area contributed by atoms with Crippen LogP contribution in [0.15, 0.2) is 59.5 Å². The van der Waals surface area contributed by atoms with E-state index in [0.29, 0.717) is 6.42 Å². The summed E-state index contributed by atoms with van der Waals surface area (Å²) in [6.45, 7) is 8.81. The minimum atomic E-state index is -4.05. The quantitative estimate of drug-likeness (QED) is 0.336. The Kier molecular flexibility index (Phi) is 10.5. The van der Waals surface area contributed by atoms with E-state index in [0.717, 1.165) is 24.0 Å². The van der Waals surface area contributed by atoms with E-state index < -0.39 is 39.6 Å². The third-order valence-corrected chi connectivity index (χ3v) is 6.58. The smallest absolute Gasteiger partial charge is 0.329 e. The molecule has 0 bridgehead atoms. The molecule has 35 heavy (non-hydrogen) atoms. The second-order valence-corrected chi connectivity index (χ2v) is 11.3. The fourth-order valence-electron chi connectivity index (χ4n) is 3.39. The van der Waals surface area contributed by atoms with Gasteiger partial charge in [0.05, 0.1) is 17.4 Å². The molecule has 0 heterocycles. The van der Waals surface area contributed by atoms with Crippen molar-refractivity contribution in [1.29, 1.82) is 0 Å². The van der Waals surface area contributed by atoms with Gasteiger partial charge in [0.25, 0.3) is 10.1 Å². The van der Waals surface area contributed by atoms with Crippen molar-refractivity contribution in [1.82, 2.24) is 5.32 Å². The van der Waals surface area contributed by atoms with Crippen molar-refractivity contribution in [3.8, 4) is 0 Å². The second-order valence-electron chi connectivity index (χ2n) is 9.68. The largest absolute Gasteiger partial charge is 0.458 e. The zero-order valence-corrected chi connectivity index (χ0v) is 22.1. The molecule has 1 N–H and O–H groups in total. The second kappa shape index (κ2) is 12.8. The monoisotopic (exact) mass is 503 g/mol. The van der Waals surface area contributed by atoms with E-state index >= 15 is 0 Å². The average molecular weight is 504 g/mol. The Hall–Kier alpha value is -2.71. The molecular weight excluding hydrogens is 466 g/mol. The molecule has 0 aromatic heterocycles. The van der Waals surface area contributed by atoms with E-state index in [2.05, 4.69) is 5.32 Å². The van der Waals surface area contributed by atoms with E-state index in [1.165, 1.54) is 12.1 Å². The van der Waals surface area contributed by atoms with E-state index in [1.807, 2.05) is 44.2 Å². The highest BCUT2D eigenvalue weighted by atomic mass is 32.2. The van der Waals surface area contributed by atoms with Crippen LogP contribution in [0.25, 0.3) is 0 Å². The zero-order valence-electron chi connectivity index (χ0n) is 21.2. The maximum absolute atomic E-state index is 13.3. The summed E-state index contributed by atoms with van der Waals surface area (Å²) in [5.41, 5.74) is 1.08. The van der Waals surface area contributed by atoms with Gasteiger partial charge in [0.15, 0.2) is 0 Å². The highest BCUT2D eigenvalue weighted by Crippen LogP contribution is 2.18. The molecule has 7 nitrogen and oxygen atoms in total. The summed E-state index contributed by atoms with van der Waals surface area (Å²) in [7, 11) is -4.05. The Balaban J connectivity index is 2.21. The van der Waals surface area contributed by atoms with E-state index in [1.54, 1.807) is 32.9 Å². The number of benzene rings is 2. The minimum absolute atomic E-state index is 0.0246. The van der Waals surface area contributed by atoms with Gasteiger partial charge in [-0.3, -0.25) is 8.98 Å². The van der Waals surface area contributed by atoms with E-state index in [4.69, 9.17) is 8.92 Å². The number of carbonyl (C=O) groups is 2. The molecule has 0 saturated carbocycles. The van der Waals surface area contributed by atoms with Gasteiger partial charge in [0.2, 0.25) is 5.91 Å². The summed E-state index contributed by atoms with van der Waals surface area (Å²) in [6, 6.07) is 14.8. The lowest BCUT2D eigenvalue weighted by Gasteiger charge is -2.26. The topological polar surface area (TPSA) is 98.8 Å². The normalized spacial score (nSPS) is 13.6. The first kappa shape index (κ1) is 28.5. The lowest BCUT2D eigenvalue weighted by atomic mass is 9.98. The van der Waals surface area contributed by atoms with Crippen molar-refractivity contribution in [3.63, 3.8) is 0 Å². The Morgan fingerprint density at radius 3 is 2.20 bits per heavy atom. The molecule has 192 valence electrons. The molecule has 1 amide bonds. The molecule has 0 aliphatic heterocycles. The number of aryl methyl sites for hydroxylation is 1. The third-order valence-electron chi connectivity index (χ3n) is 5.28. The lowest BCUT2D eigenvalue weighted by molar-refractivity contribution is -0.159. The fourth-order valence-corrected chi connectivity index (χ4v) is 4.34. The number of hydrogen-bond acceptors (Lipinski definition) is 6. The first-order valence-electron chi connectivity index (χ1n) is 11.9. The summed E-state index contributed by atoms with van der Waals surface area (Å²) in [5.74, 6) is -1.80.